The van der Waals surface area contributed by atoms with Crippen molar-refractivity contribution >= 4 is 9.84 Å². The van der Waals surface area contributed by atoms with E-state index in [1.165, 1.54) is 36.8 Å². The van der Waals surface area contributed by atoms with Gasteiger partial charge >= 0.3 is 0 Å². The quantitative estimate of drug-likeness (QED) is 0.333. The van der Waals surface area contributed by atoms with Crippen LogP contribution in [0.2, 0.25) is 0 Å². The highest BCUT2D eigenvalue weighted by Crippen LogP contribution is 2.57. The highest BCUT2D eigenvalue weighted by Gasteiger charge is 2.45. The predicted molar refractivity (Wildman–Crippen MR) is 143 cm³/mol. The lowest BCUT2D eigenvalue weighted by atomic mass is 9.62. The van der Waals surface area contributed by atoms with Crippen LogP contribution in [0.1, 0.15) is 98.8 Å². The maximum absolute atomic E-state index is 12.5. The minimum atomic E-state index is -3.10. The van der Waals surface area contributed by atoms with Crippen LogP contribution < -0.4 is 0 Å². The summed E-state index contributed by atoms with van der Waals surface area (Å²) in [5, 5.41) is 0. The summed E-state index contributed by atoms with van der Waals surface area (Å²) in [5.74, 6) is 2.01. The number of sulfone groups is 1. The van der Waals surface area contributed by atoms with Crippen molar-refractivity contribution in [2.45, 2.75) is 98.8 Å². The molecule has 0 aliphatic heterocycles. The number of hydrogen-bond acceptors (Lipinski definition) is 2. The van der Waals surface area contributed by atoms with Crippen molar-refractivity contribution in [1.82, 2.24) is 0 Å². The van der Waals surface area contributed by atoms with Crippen LogP contribution in [0, 0.1) is 23.2 Å². The Labute approximate surface area is 203 Å². The lowest BCUT2D eigenvalue weighted by Crippen LogP contribution is -2.32. The van der Waals surface area contributed by atoms with E-state index in [0.29, 0.717) is 16.7 Å². The third-order valence-corrected chi connectivity index (χ3v) is 10.6. The van der Waals surface area contributed by atoms with E-state index < -0.39 is 9.84 Å². The fourth-order valence-corrected chi connectivity index (χ4v) is 7.65. The van der Waals surface area contributed by atoms with E-state index in [-0.39, 0.29) is 11.2 Å². The van der Waals surface area contributed by atoms with Gasteiger partial charge in [-0.15, -0.1) is 0 Å². The van der Waals surface area contributed by atoms with Gasteiger partial charge in [-0.05, 0) is 93.5 Å². The van der Waals surface area contributed by atoms with Gasteiger partial charge in [-0.1, -0.05) is 81.7 Å². The average Bonchev–Trinajstić information content (AvgIpc) is 3.14. The second-order valence-electron chi connectivity index (χ2n) is 11.2. The summed E-state index contributed by atoms with van der Waals surface area (Å²) in [6.07, 6.45) is 20.1. The van der Waals surface area contributed by atoms with Crippen LogP contribution in [0.4, 0.5) is 0 Å². The number of hydrogen-bond donors (Lipinski definition) is 0. The van der Waals surface area contributed by atoms with Gasteiger partial charge in [0.1, 0.15) is 0 Å². The van der Waals surface area contributed by atoms with E-state index in [1.807, 2.05) is 13.0 Å². The van der Waals surface area contributed by atoms with E-state index in [1.54, 1.807) is 18.1 Å². The van der Waals surface area contributed by atoms with Crippen molar-refractivity contribution in [3.05, 3.63) is 58.1 Å². The molecule has 3 aliphatic rings. The Morgan fingerprint density at radius 1 is 1.30 bits per heavy atom. The van der Waals surface area contributed by atoms with Crippen molar-refractivity contribution in [1.29, 1.82) is 0 Å². The fourth-order valence-electron chi connectivity index (χ4n) is 6.30. The standard InChI is InChI=1S/C30H46O2S/c1-7-8-20-33(31,32)25(5)14-13-24(4)28-17-18-29-26(10-9-19-30(28,29)6)15-16-27-21-22(2)11-12-23(27)3/h14-17,22,24,29H,3,7-13,18-21H2,1-2,4-6H3/b25-14+,26-15+,27-16-/t22?,24?,29-,30+/m0/s1. The van der Waals surface area contributed by atoms with Crippen molar-refractivity contribution < 1.29 is 8.42 Å². The molecule has 0 aromatic heterocycles. The van der Waals surface area contributed by atoms with E-state index in [0.717, 1.165) is 44.4 Å². The Morgan fingerprint density at radius 3 is 2.79 bits per heavy atom. The summed E-state index contributed by atoms with van der Waals surface area (Å²) in [4.78, 5) is 0.556. The molecule has 0 aromatic rings. The first-order chi connectivity index (χ1) is 15.6. The first-order valence-electron chi connectivity index (χ1n) is 13.3. The highest BCUT2D eigenvalue weighted by molar-refractivity contribution is 7.95. The summed E-state index contributed by atoms with van der Waals surface area (Å²) in [5.41, 5.74) is 6.16. The van der Waals surface area contributed by atoms with Gasteiger partial charge in [0.15, 0.2) is 9.84 Å². The fraction of sp³-hybridized carbons (Fsp3) is 0.667. The van der Waals surface area contributed by atoms with Crippen LogP contribution in [0.15, 0.2) is 58.1 Å². The van der Waals surface area contributed by atoms with Crippen LogP contribution in [-0.2, 0) is 9.84 Å². The van der Waals surface area contributed by atoms with Crippen LogP contribution in [0.5, 0.6) is 0 Å². The van der Waals surface area contributed by atoms with Gasteiger partial charge in [0.05, 0.1) is 5.75 Å². The molecule has 184 valence electrons. The second kappa shape index (κ2) is 10.9. The van der Waals surface area contributed by atoms with Gasteiger partial charge in [0.25, 0.3) is 0 Å². The van der Waals surface area contributed by atoms with Gasteiger partial charge in [-0.2, -0.15) is 0 Å². The first kappa shape index (κ1) is 26.3. The lowest BCUT2D eigenvalue weighted by molar-refractivity contribution is 0.218. The maximum atomic E-state index is 12.5. The van der Waals surface area contributed by atoms with Crippen LogP contribution in [-0.4, -0.2) is 14.2 Å². The van der Waals surface area contributed by atoms with Gasteiger partial charge in [0, 0.05) is 4.91 Å². The van der Waals surface area contributed by atoms with E-state index in [4.69, 9.17) is 0 Å². The summed E-state index contributed by atoms with van der Waals surface area (Å²) in [6.45, 7) is 15.2. The smallest absolute Gasteiger partial charge is 0.173 e. The number of rotatable bonds is 8. The Kier molecular flexibility index (Phi) is 8.70. The molecule has 3 rings (SSSR count). The van der Waals surface area contributed by atoms with Crippen LogP contribution >= 0.6 is 0 Å². The topological polar surface area (TPSA) is 34.1 Å². The minimum Gasteiger partial charge on any atom is -0.224 e. The average molecular weight is 471 g/mol. The number of allylic oxidation sites excluding steroid dienone is 9. The molecule has 2 fully saturated rings. The van der Waals surface area contributed by atoms with E-state index >= 15 is 0 Å². The molecule has 2 nitrogen and oxygen atoms in total. The van der Waals surface area contributed by atoms with Gasteiger partial charge in [-0.3, -0.25) is 0 Å². The Hall–Kier alpha value is -1.35. The van der Waals surface area contributed by atoms with Crippen LogP contribution in [0.3, 0.4) is 0 Å². The van der Waals surface area contributed by atoms with Crippen molar-refractivity contribution in [2.24, 2.45) is 23.2 Å². The number of unbranched alkanes of at least 4 members (excludes halogenated alkanes) is 1. The summed E-state index contributed by atoms with van der Waals surface area (Å²) < 4.78 is 25.0. The molecule has 0 bridgehead atoms. The second-order valence-corrected chi connectivity index (χ2v) is 13.5. The molecule has 2 unspecified atom stereocenters. The third-order valence-electron chi connectivity index (χ3n) is 8.62. The molecule has 0 amide bonds. The Balaban J connectivity index is 1.72. The third kappa shape index (κ3) is 6.02. The van der Waals surface area contributed by atoms with Crippen molar-refractivity contribution in [3.8, 4) is 0 Å². The van der Waals surface area contributed by atoms with Gasteiger partial charge in [0.2, 0.25) is 0 Å². The molecule has 33 heavy (non-hydrogen) atoms. The van der Waals surface area contributed by atoms with Crippen molar-refractivity contribution in [2.75, 3.05) is 5.75 Å². The molecule has 0 spiro atoms. The molecule has 2 saturated carbocycles. The Bertz CT molecular complexity index is 959. The zero-order valence-electron chi connectivity index (χ0n) is 21.8. The SMILES string of the molecule is C=C1CCC(C)C/C1=C/C=C1\CCC[C@]2(C)C(C(C)C/C=C(\C)S(=O)(=O)CCCC)=CC[C@@H]12. The molecule has 0 heterocycles. The molecular formula is C30H46O2S. The Morgan fingerprint density at radius 2 is 2.06 bits per heavy atom. The molecule has 0 radical (unpaired) electrons. The predicted octanol–water partition coefficient (Wildman–Crippen LogP) is 8.50. The zero-order valence-corrected chi connectivity index (χ0v) is 22.6. The molecule has 3 heteroatoms. The molecule has 3 aliphatic carbocycles. The number of fused-ring (bicyclic) bond motifs is 1. The van der Waals surface area contributed by atoms with Gasteiger partial charge < -0.3 is 0 Å². The maximum Gasteiger partial charge on any atom is 0.173 e. The molecule has 0 aromatic carbocycles. The molecule has 0 saturated heterocycles. The highest BCUT2D eigenvalue weighted by atomic mass is 32.2. The monoisotopic (exact) mass is 470 g/mol. The largest absolute Gasteiger partial charge is 0.224 e. The zero-order chi connectivity index (χ0) is 24.2. The summed E-state index contributed by atoms with van der Waals surface area (Å²) in [7, 11) is -3.10. The van der Waals surface area contributed by atoms with Crippen LogP contribution in [0.25, 0.3) is 0 Å². The van der Waals surface area contributed by atoms with E-state index in [9.17, 15) is 8.42 Å². The molecular weight excluding hydrogens is 424 g/mol. The van der Waals surface area contributed by atoms with Crippen molar-refractivity contribution in [3.63, 3.8) is 0 Å². The summed E-state index contributed by atoms with van der Waals surface area (Å²) >= 11 is 0. The molecule has 0 N–H and O–H groups in total. The minimum absolute atomic E-state index is 0.210. The van der Waals surface area contributed by atoms with E-state index in [2.05, 4.69) is 45.6 Å². The normalized spacial score (nSPS) is 32.2. The summed E-state index contributed by atoms with van der Waals surface area (Å²) in [6, 6.07) is 0. The first-order valence-corrected chi connectivity index (χ1v) is 14.9. The van der Waals surface area contributed by atoms with Gasteiger partial charge in [-0.25, -0.2) is 8.42 Å². The lowest BCUT2D eigenvalue weighted by Gasteiger charge is -2.42. The molecule has 4 atom stereocenters.